The van der Waals surface area contributed by atoms with Gasteiger partial charge in [0.15, 0.2) is 18.1 Å². The number of nitrogens with zero attached hydrogens (tertiary/aromatic N) is 1. The zero-order valence-electron chi connectivity index (χ0n) is 15.3. The van der Waals surface area contributed by atoms with Crippen molar-refractivity contribution in [1.82, 2.24) is 5.32 Å². The summed E-state index contributed by atoms with van der Waals surface area (Å²) in [5.41, 5.74) is 3.10. The fourth-order valence-electron chi connectivity index (χ4n) is 2.36. The number of carbonyl (C=O) groups is 1. The van der Waals surface area contributed by atoms with E-state index in [4.69, 9.17) is 14.3 Å². The molecule has 0 fully saturated rings. The third kappa shape index (κ3) is 5.81. The minimum atomic E-state index is -0.215. The lowest BCUT2D eigenvalue weighted by Gasteiger charge is -2.10. The van der Waals surface area contributed by atoms with Crippen LogP contribution in [0.4, 0.5) is 0 Å². The molecule has 1 amide bonds. The van der Waals surface area contributed by atoms with Crippen LogP contribution in [0.15, 0.2) is 47.6 Å². The van der Waals surface area contributed by atoms with Gasteiger partial charge in [0.05, 0.1) is 20.4 Å². The Kier molecular flexibility index (Phi) is 7.49. The highest BCUT2D eigenvalue weighted by atomic mass is 16.6. The van der Waals surface area contributed by atoms with Crippen molar-refractivity contribution >= 4 is 12.1 Å². The van der Waals surface area contributed by atoms with E-state index in [2.05, 4.69) is 10.5 Å². The van der Waals surface area contributed by atoms with Crippen LogP contribution in [0.1, 0.15) is 16.7 Å². The van der Waals surface area contributed by atoms with Crippen molar-refractivity contribution in [3.8, 4) is 11.5 Å². The van der Waals surface area contributed by atoms with Gasteiger partial charge in [0, 0.05) is 6.54 Å². The highest BCUT2D eigenvalue weighted by Gasteiger charge is 2.05. The Balaban J connectivity index is 1.71. The topological polar surface area (TPSA) is 69.2 Å². The molecule has 2 rings (SSSR count). The molecule has 0 saturated carbocycles. The lowest BCUT2D eigenvalue weighted by Crippen LogP contribution is -2.28. The van der Waals surface area contributed by atoms with Gasteiger partial charge in [-0.3, -0.25) is 4.79 Å². The maximum Gasteiger partial charge on any atom is 0.260 e. The van der Waals surface area contributed by atoms with Crippen LogP contribution in [0.25, 0.3) is 0 Å². The SMILES string of the molecule is COc1ccc(CCNC(=O)CO/N=C/c2ccccc2C)cc1OC. The molecule has 2 aromatic carbocycles. The van der Waals surface area contributed by atoms with E-state index in [9.17, 15) is 4.79 Å². The number of aryl methyl sites for hydroxylation is 1. The molecule has 138 valence electrons. The van der Waals surface area contributed by atoms with E-state index in [0.29, 0.717) is 24.5 Å². The molecule has 1 N–H and O–H groups in total. The predicted molar refractivity (Wildman–Crippen MR) is 101 cm³/mol. The third-order valence-electron chi connectivity index (χ3n) is 3.83. The molecule has 0 aliphatic carbocycles. The average Bonchev–Trinajstić information content (AvgIpc) is 2.66. The van der Waals surface area contributed by atoms with Gasteiger partial charge in [-0.2, -0.15) is 0 Å². The highest BCUT2D eigenvalue weighted by Crippen LogP contribution is 2.27. The van der Waals surface area contributed by atoms with Crippen LogP contribution in [0.2, 0.25) is 0 Å². The molecule has 0 spiro atoms. The van der Waals surface area contributed by atoms with Crippen LogP contribution in [-0.4, -0.2) is 39.5 Å². The monoisotopic (exact) mass is 356 g/mol. The van der Waals surface area contributed by atoms with Crippen LogP contribution in [0.5, 0.6) is 11.5 Å². The molecule has 0 atom stereocenters. The first-order valence-corrected chi connectivity index (χ1v) is 8.32. The second-order valence-electron chi connectivity index (χ2n) is 5.65. The number of rotatable bonds is 9. The highest BCUT2D eigenvalue weighted by molar-refractivity contribution is 5.81. The Labute approximate surface area is 153 Å². The fourth-order valence-corrected chi connectivity index (χ4v) is 2.36. The van der Waals surface area contributed by atoms with Crippen molar-refractivity contribution in [2.24, 2.45) is 5.16 Å². The number of nitrogens with one attached hydrogen (secondary N) is 1. The summed E-state index contributed by atoms with van der Waals surface area (Å²) in [6.07, 6.45) is 2.28. The first kappa shape index (κ1) is 19.3. The zero-order valence-corrected chi connectivity index (χ0v) is 15.3. The van der Waals surface area contributed by atoms with Crippen molar-refractivity contribution < 1.29 is 19.1 Å². The number of amides is 1. The number of oxime groups is 1. The van der Waals surface area contributed by atoms with E-state index in [0.717, 1.165) is 16.7 Å². The minimum absolute atomic E-state index is 0.117. The van der Waals surface area contributed by atoms with Gasteiger partial charge < -0.3 is 19.6 Å². The number of hydrogen-bond acceptors (Lipinski definition) is 5. The van der Waals surface area contributed by atoms with Crippen molar-refractivity contribution in [3.63, 3.8) is 0 Å². The summed E-state index contributed by atoms with van der Waals surface area (Å²) >= 11 is 0. The Morgan fingerprint density at radius 1 is 1.12 bits per heavy atom. The number of ether oxygens (including phenoxy) is 2. The van der Waals surface area contributed by atoms with E-state index in [1.165, 1.54) is 0 Å². The molecule has 0 radical (unpaired) electrons. The maximum atomic E-state index is 11.8. The molecule has 0 aliphatic rings. The largest absolute Gasteiger partial charge is 0.493 e. The van der Waals surface area contributed by atoms with Crippen molar-refractivity contribution in [2.45, 2.75) is 13.3 Å². The Bertz CT molecular complexity index is 759. The summed E-state index contributed by atoms with van der Waals surface area (Å²) in [5.74, 6) is 1.14. The van der Waals surface area contributed by atoms with Gasteiger partial charge >= 0.3 is 0 Å². The molecule has 2 aromatic rings. The first-order chi connectivity index (χ1) is 12.6. The van der Waals surface area contributed by atoms with E-state index in [1.54, 1.807) is 20.4 Å². The standard InChI is InChI=1S/C20H24N2O4/c1-15-6-4-5-7-17(15)13-22-26-14-20(23)21-11-10-16-8-9-18(24-2)19(12-16)25-3/h4-9,12-13H,10-11,14H2,1-3H3,(H,21,23)/b22-13+. The Hall–Kier alpha value is -3.02. The number of hydrogen-bond donors (Lipinski definition) is 1. The summed E-state index contributed by atoms with van der Waals surface area (Å²) in [6.45, 7) is 2.37. The van der Waals surface area contributed by atoms with Crippen molar-refractivity contribution in [2.75, 3.05) is 27.4 Å². The Morgan fingerprint density at radius 2 is 1.88 bits per heavy atom. The van der Waals surface area contributed by atoms with E-state index in [1.807, 2.05) is 49.4 Å². The molecule has 0 bridgehead atoms. The van der Waals surface area contributed by atoms with Crippen LogP contribution in [0, 0.1) is 6.92 Å². The quantitative estimate of drug-likeness (QED) is 0.554. The molecule has 0 aliphatic heterocycles. The van der Waals surface area contributed by atoms with Crippen LogP contribution in [0.3, 0.4) is 0 Å². The Morgan fingerprint density at radius 3 is 2.62 bits per heavy atom. The lowest BCUT2D eigenvalue weighted by atomic mass is 10.1. The lowest BCUT2D eigenvalue weighted by molar-refractivity contribution is -0.125. The summed E-state index contributed by atoms with van der Waals surface area (Å²) in [4.78, 5) is 16.8. The zero-order chi connectivity index (χ0) is 18.8. The molecule has 6 heteroatoms. The summed E-state index contributed by atoms with van der Waals surface area (Å²) in [5, 5.41) is 6.63. The second kappa shape index (κ2) is 10.1. The minimum Gasteiger partial charge on any atom is -0.493 e. The van der Waals surface area contributed by atoms with E-state index >= 15 is 0 Å². The summed E-state index contributed by atoms with van der Waals surface area (Å²) in [6, 6.07) is 13.5. The molecule has 0 unspecified atom stereocenters. The van der Waals surface area contributed by atoms with Crippen LogP contribution >= 0.6 is 0 Å². The molecule has 0 heterocycles. The smallest absolute Gasteiger partial charge is 0.260 e. The van der Waals surface area contributed by atoms with Gasteiger partial charge in [-0.25, -0.2) is 0 Å². The van der Waals surface area contributed by atoms with Gasteiger partial charge in [-0.05, 0) is 42.2 Å². The molecule has 26 heavy (non-hydrogen) atoms. The van der Waals surface area contributed by atoms with Gasteiger partial charge in [0.1, 0.15) is 0 Å². The average molecular weight is 356 g/mol. The molecule has 0 aromatic heterocycles. The summed E-state index contributed by atoms with van der Waals surface area (Å²) < 4.78 is 10.5. The normalized spacial score (nSPS) is 10.6. The van der Waals surface area contributed by atoms with Crippen LogP contribution < -0.4 is 14.8 Å². The fraction of sp³-hybridized carbons (Fsp3) is 0.300. The number of carbonyl (C=O) groups excluding carboxylic acids is 1. The van der Waals surface area contributed by atoms with E-state index < -0.39 is 0 Å². The summed E-state index contributed by atoms with van der Waals surface area (Å²) in [7, 11) is 3.19. The number of benzene rings is 2. The van der Waals surface area contributed by atoms with Gasteiger partial charge in [-0.15, -0.1) is 0 Å². The number of methoxy groups -OCH3 is 2. The van der Waals surface area contributed by atoms with Crippen LogP contribution in [-0.2, 0) is 16.1 Å². The van der Waals surface area contributed by atoms with Gasteiger partial charge in [0.2, 0.25) is 0 Å². The van der Waals surface area contributed by atoms with E-state index in [-0.39, 0.29) is 12.5 Å². The first-order valence-electron chi connectivity index (χ1n) is 8.32. The predicted octanol–water partition coefficient (Wildman–Crippen LogP) is 2.72. The van der Waals surface area contributed by atoms with Crippen molar-refractivity contribution in [3.05, 3.63) is 59.2 Å². The molecule has 0 saturated heterocycles. The molecular formula is C20H24N2O4. The van der Waals surface area contributed by atoms with Gasteiger partial charge in [0.25, 0.3) is 5.91 Å². The second-order valence-corrected chi connectivity index (χ2v) is 5.65. The molecule has 6 nitrogen and oxygen atoms in total. The third-order valence-corrected chi connectivity index (χ3v) is 3.83. The van der Waals surface area contributed by atoms with Crippen molar-refractivity contribution in [1.29, 1.82) is 0 Å². The molecular weight excluding hydrogens is 332 g/mol. The van der Waals surface area contributed by atoms with Gasteiger partial charge in [-0.1, -0.05) is 35.5 Å². The maximum absolute atomic E-state index is 11.8.